The van der Waals surface area contributed by atoms with Crippen molar-refractivity contribution >= 4 is 22.9 Å². The van der Waals surface area contributed by atoms with Gasteiger partial charge in [0.05, 0.1) is 26.1 Å². The molecule has 0 radical (unpaired) electrons. The van der Waals surface area contributed by atoms with Crippen LogP contribution in [0.15, 0.2) is 65.8 Å². The highest BCUT2D eigenvalue weighted by atomic mass is 16.5. The fourth-order valence-electron chi connectivity index (χ4n) is 3.15. The van der Waals surface area contributed by atoms with Crippen molar-refractivity contribution in [1.82, 2.24) is 15.6 Å². The van der Waals surface area contributed by atoms with Crippen molar-refractivity contribution in [2.24, 2.45) is 5.10 Å². The third-order valence-corrected chi connectivity index (χ3v) is 4.75. The van der Waals surface area contributed by atoms with Gasteiger partial charge in [-0.15, -0.1) is 0 Å². The van der Waals surface area contributed by atoms with Crippen LogP contribution in [0.2, 0.25) is 0 Å². The normalized spacial score (nSPS) is 11.0. The summed E-state index contributed by atoms with van der Waals surface area (Å²) in [6, 6.07) is 18.9. The summed E-state index contributed by atoms with van der Waals surface area (Å²) in [7, 11) is 2.87. The summed E-state index contributed by atoms with van der Waals surface area (Å²) in [5, 5.41) is 23.1. The van der Waals surface area contributed by atoms with Crippen molar-refractivity contribution in [3.63, 3.8) is 0 Å². The number of carbonyl (C=O) groups excluding carboxylic acids is 1. The first-order valence-corrected chi connectivity index (χ1v) is 9.42. The summed E-state index contributed by atoms with van der Waals surface area (Å²) in [5.74, 6) is -0.0696. The molecule has 0 bridgehead atoms. The van der Waals surface area contributed by atoms with Gasteiger partial charge in [-0.2, -0.15) is 10.2 Å². The zero-order chi connectivity index (χ0) is 21.8. The SMILES string of the molecule is COc1cc(C=NNC(=O)c2cc(-c3ccc4ccccc4c3)n[nH]2)cc(OC)c1O. The number of nitrogens with zero attached hydrogens (tertiary/aromatic N) is 2. The van der Waals surface area contributed by atoms with Gasteiger partial charge in [0.25, 0.3) is 5.91 Å². The number of phenolic OH excluding ortho intramolecular Hbond substituents is 1. The molecule has 1 amide bonds. The van der Waals surface area contributed by atoms with Crippen LogP contribution in [0.3, 0.4) is 0 Å². The van der Waals surface area contributed by atoms with E-state index >= 15 is 0 Å². The molecule has 0 spiro atoms. The Morgan fingerprint density at radius 3 is 2.45 bits per heavy atom. The molecule has 4 aromatic rings. The van der Waals surface area contributed by atoms with Crippen LogP contribution in [0.4, 0.5) is 0 Å². The number of hydrogen-bond acceptors (Lipinski definition) is 6. The number of benzene rings is 3. The quantitative estimate of drug-likeness (QED) is 0.328. The largest absolute Gasteiger partial charge is 0.502 e. The molecule has 1 heterocycles. The summed E-state index contributed by atoms with van der Waals surface area (Å²) in [5.41, 5.74) is 4.87. The van der Waals surface area contributed by atoms with Crippen molar-refractivity contribution in [3.8, 4) is 28.5 Å². The lowest BCUT2D eigenvalue weighted by atomic mass is 10.1. The van der Waals surface area contributed by atoms with Gasteiger partial charge >= 0.3 is 0 Å². The van der Waals surface area contributed by atoms with Crippen molar-refractivity contribution < 1.29 is 19.4 Å². The molecule has 0 unspecified atom stereocenters. The minimum atomic E-state index is -0.437. The fraction of sp³-hybridized carbons (Fsp3) is 0.0870. The molecule has 4 rings (SSSR count). The lowest BCUT2D eigenvalue weighted by molar-refractivity contribution is 0.0950. The lowest BCUT2D eigenvalue weighted by Crippen LogP contribution is -2.18. The van der Waals surface area contributed by atoms with E-state index in [1.54, 1.807) is 18.2 Å². The Bertz CT molecular complexity index is 1250. The van der Waals surface area contributed by atoms with E-state index in [1.165, 1.54) is 20.4 Å². The molecule has 0 aliphatic heterocycles. The van der Waals surface area contributed by atoms with Crippen LogP contribution in [-0.4, -0.2) is 41.6 Å². The molecular weight excluding hydrogens is 396 g/mol. The topological polar surface area (TPSA) is 109 Å². The van der Waals surface area contributed by atoms with Crippen molar-refractivity contribution in [3.05, 3.63) is 71.9 Å². The Hall–Kier alpha value is -4.33. The van der Waals surface area contributed by atoms with E-state index < -0.39 is 5.91 Å². The molecule has 156 valence electrons. The van der Waals surface area contributed by atoms with Gasteiger partial charge in [0.1, 0.15) is 5.69 Å². The Morgan fingerprint density at radius 1 is 1.03 bits per heavy atom. The number of ether oxygens (including phenoxy) is 2. The van der Waals surface area contributed by atoms with E-state index in [0.29, 0.717) is 11.3 Å². The number of fused-ring (bicyclic) bond motifs is 1. The smallest absolute Gasteiger partial charge is 0.289 e. The number of carbonyl (C=O) groups is 1. The molecule has 0 saturated heterocycles. The standard InChI is InChI=1S/C23H20N4O4/c1-30-20-9-14(10-21(31-2)22(20)28)13-24-27-23(29)19-12-18(25-26-19)17-8-7-15-5-3-4-6-16(15)11-17/h3-13,28H,1-2H3,(H,25,26)(H,27,29). The number of aromatic nitrogens is 2. The third kappa shape index (κ3) is 4.18. The molecule has 0 aliphatic rings. The maximum Gasteiger partial charge on any atom is 0.289 e. The van der Waals surface area contributed by atoms with Gasteiger partial charge in [0.2, 0.25) is 5.75 Å². The van der Waals surface area contributed by atoms with Crippen LogP contribution < -0.4 is 14.9 Å². The summed E-state index contributed by atoms with van der Waals surface area (Å²) in [6.45, 7) is 0. The number of aromatic hydroxyl groups is 1. The van der Waals surface area contributed by atoms with Crippen LogP contribution in [-0.2, 0) is 0 Å². The van der Waals surface area contributed by atoms with E-state index in [2.05, 4.69) is 20.7 Å². The van der Waals surface area contributed by atoms with Gasteiger partial charge in [-0.05, 0) is 35.0 Å². The zero-order valence-corrected chi connectivity index (χ0v) is 16.9. The Kier molecular flexibility index (Phi) is 5.53. The van der Waals surface area contributed by atoms with Gasteiger partial charge in [-0.3, -0.25) is 9.89 Å². The van der Waals surface area contributed by atoms with E-state index in [0.717, 1.165) is 16.3 Å². The van der Waals surface area contributed by atoms with Crippen molar-refractivity contribution in [2.45, 2.75) is 0 Å². The van der Waals surface area contributed by atoms with E-state index in [1.807, 2.05) is 42.5 Å². The average Bonchev–Trinajstić information content (AvgIpc) is 3.30. The maximum atomic E-state index is 12.4. The van der Waals surface area contributed by atoms with Crippen LogP contribution in [0.25, 0.3) is 22.0 Å². The van der Waals surface area contributed by atoms with Crippen LogP contribution >= 0.6 is 0 Å². The molecule has 3 aromatic carbocycles. The number of nitrogens with one attached hydrogen (secondary N) is 2. The average molecular weight is 416 g/mol. The molecule has 3 N–H and O–H groups in total. The molecule has 31 heavy (non-hydrogen) atoms. The number of rotatable bonds is 6. The van der Waals surface area contributed by atoms with Crippen LogP contribution in [0, 0.1) is 0 Å². The second kappa shape index (κ2) is 8.58. The molecule has 0 aliphatic carbocycles. The molecule has 0 atom stereocenters. The van der Waals surface area contributed by atoms with Gasteiger partial charge in [-0.1, -0.05) is 36.4 Å². The third-order valence-electron chi connectivity index (χ3n) is 4.75. The van der Waals surface area contributed by atoms with E-state index in [-0.39, 0.29) is 22.9 Å². The minimum absolute atomic E-state index is 0.107. The summed E-state index contributed by atoms with van der Waals surface area (Å²) < 4.78 is 10.2. The lowest BCUT2D eigenvalue weighted by Gasteiger charge is -2.09. The summed E-state index contributed by atoms with van der Waals surface area (Å²) in [6.07, 6.45) is 1.42. The predicted molar refractivity (Wildman–Crippen MR) is 118 cm³/mol. The number of hydrazone groups is 1. The van der Waals surface area contributed by atoms with Crippen molar-refractivity contribution in [2.75, 3.05) is 14.2 Å². The molecule has 8 heteroatoms. The van der Waals surface area contributed by atoms with Crippen molar-refractivity contribution in [1.29, 1.82) is 0 Å². The second-order valence-corrected chi connectivity index (χ2v) is 6.70. The van der Waals surface area contributed by atoms with E-state index in [9.17, 15) is 9.90 Å². The molecule has 8 nitrogen and oxygen atoms in total. The van der Waals surface area contributed by atoms with Crippen LogP contribution in [0.5, 0.6) is 17.2 Å². The van der Waals surface area contributed by atoms with Gasteiger partial charge < -0.3 is 14.6 Å². The zero-order valence-electron chi connectivity index (χ0n) is 16.9. The Balaban J connectivity index is 1.48. The molecule has 1 aromatic heterocycles. The number of amides is 1. The monoisotopic (exact) mass is 416 g/mol. The first-order chi connectivity index (χ1) is 15.1. The highest BCUT2D eigenvalue weighted by Crippen LogP contribution is 2.36. The summed E-state index contributed by atoms with van der Waals surface area (Å²) in [4.78, 5) is 12.4. The van der Waals surface area contributed by atoms with Gasteiger partial charge in [0.15, 0.2) is 11.5 Å². The van der Waals surface area contributed by atoms with Gasteiger partial charge in [0, 0.05) is 11.1 Å². The summed E-state index contributed by atoms with van der Waals surface area (Å²) >= 11 is 0. The Labute approximate surface area is 178 Å². The highest BCUT2D eigenvalue weighted by Gasteiger charge is 2.12. The van der Waals surface area contributed by atoms with Gasteiger partial charge in [-0.25, -0.2) is 5.43 Å². The molecule has 0 saturated carbocycles. The second-order valence-electron chi connectivity index (χ2n) is 6.70. The molecular formula is C23H20N4O4. The van der Waals surface area contributed by atoms with E-state index in [4.69, 9.17) is 9.47 Å². The predicted octanol–water partition coefficient (Wildman–Crippen LogP) is 3.72. The Morgan fingerprint density at radius 2 is 1.74 bits per heavy atom. The number of phenols is 1. The molecule has 0 fully saturated rings. The number of hydrogen-bond donors (Lipinski definition) is 3. The highest BCUT2D eigenvalue weighted by molar-refractivity contribution is 5.95. The fourth-order valence-corrected chi connectivity index (χ4v) is 3.15. The van der Waals surface area contributed by atoms with Crippen LogP contribution in [0.1, 0.15) is 16.1 Å². The first-order valence-electron chi connectivity index (χ1n) is 9.42. The minimum Gasteiger partial charge on any atom is -0.502 e. The number of H-pyrrole nitrogens is 1. The maximum absolute atomic E-state index is 12.4. The number of aromatic amines is 1. The first kappa shape index (κ1) is 20.0. The number of methoxy groups -OCH3 is 2.